The van der Waals surface area contributed by atoms with Gasteiger partial charge in [-0.1, -0.05) is 11.6 Å². The first-order valence-electron chi connectivity index (χ1n) is 10.3. The Balaban J connectivity index is 1.58. The second-order valence-corrected chi connectivity index (χ2v) is 9.56. The number of aromatic nitrogens is 4. The minimum absolute atomic E-state index is 0.0190. The van der Waals surface area contributed by atoms with E-state index in [0.717, 1.165) is 0 Å². The van der Waals surface area contributed by atoms with E-state index in [0.29, 0.717) is 34.1 Å². The van der Waals surface area contributed by atoms with E-state index in [9.17, 15) is 13.2 Å². The quantitative estimate of drug-likeness (QED) is 0.361. The molecule has 12 heteroatoms. The fourth-order valence-corrected chi connectivity index (χ4v) is 4.50. The monoisotopic (exact) mass is 512 g/mol. The molecule has 0 amide bonds. The van der Waals surface area contributed by atoms with Gasteiger partial charge < -0.3 is 4.74 Å². The second kappa shape index (κ2) is 9.72. The molecule has 180 valence electrons. The molecule has 2 N–H and O–H groups in total. The van der Waals surface area contributed by atoms with Gasteiger partial charge in [0.25, 0.3) is 15.6 Å². The number of hydrogen-bond donors (Lipinski definition) is 2. The highest BCUT2D eigenvalue weighted by Gasteiger charge is 2.17. The SMILES string of the molecule is COc1ccc(-n2[nH]c(C)c(C(C)=Nc3ccc(S(=O)(=O)Nc4ccc(Cl)nn4)cc3)c2=O)cc1. The van der Waals surface area contributed by atoms with Gasteiger partial charge in [0.1, 0.15) is 5.75 Å². The van der Waals surface area contributed by atoms with Crippen molar-refractivity contribution in [3.8, 4) is 11.4 Å². The molecule has 2 aromatic heterocycles. The first kappa shape index (κ1) is 24.2. The Morgan fingerprint density at radius 1 is 1.06 bits per heavy atom. The summed E-state index contributed by atoms with van der Waals surface area (Å²) < 4.78 is 34.1. The molecule has 0 aliphatic carbocycles. The summed E-state index contributed by atoms with van der Waals surface area (Å²) in [7, 11) is -2.31. The van der Waals surface area contributed by atoms with Crippen molar-refractivity contribution in [3.05, 3.63) is 87.4 Å². The van der Waals surface area contributed by atoms with Crippen LogP contribution in [0.2, 0.25) is 5.15 Å². The molecule has 2 aromatic carbocycles. The minimum atomic E-state index is -3.88. The van der Waals surface area contributed by atoms with Gasteiger partial charge in [-0.2, -0.15) is 0 Å². The fourth-order valence-electron chi connectivity index (χ4n) is 3.40. The van der Waals surface area contributed by atoms with Crippen LogP contribution in [0, 0.1) is 6.92 Å². The van der Waals surface area contributed by atoms with Crippen LogP contribution in [0.3, 0.4) is 0 Å². The van der Waals surface area contributed by atoms with Crippen LogP contribution in [0.15, 0.2) is 75.3 Å². The average Bonchev–Trinajstić information content (AvgIpc) is 3.14. The molecule has 0 spiro atoms. The minimum Gasteiger partial charge on any atom is -0.497 e. The van der Waals surface area contributed by atoms with E-state index in [-0.39, 0.29) is 21.4 Å². The van der Waals surface area contributed by atoms with Crippen molar-refractivity contribution in [2.24, 2.45) is 4.99 Å². The van der Waals surface area contributed by atoms with Crippen LogP contribution < -0.4 is 15.0 Å². The number of ether oxygens (including phenoxy) is 1. The first-order valence-corrected chi connectivity index (χ1v) is 12.2. The van der Waals surface area contributed by atoms with Crippen molar-refractivity contribution in [2.45, 2.75) is 18.7 Å². The molecule has 0 bridgehead atoms. The molecule has 0 fully saturated rings. The van der Waals surface area contributed by atoms with E-state index < -0.39 is 10.0 Å². The highest BCUT2D eigenvalue weighted by Crippen LogP contribution is 2.21. The molecule has 0 aliphatic heterocycles. The molecule has 0 saturated carbocycles. The van der Waals surface area contributed by atoms with E-state index in [2.05, 4.69) is 25.0 Å². The predicted octanol–water partition coefficient (Wildman–Crippen LogP) is 3.87. The average molecular weight is 513 g/mol. The zero-order valence-corrected chi connectivity index (χ0v) is 20.6. The normalized spacial score (nSPS) is 11.9. The maximum absolute atomic E-state index is 13.1. The van der Waals surface area contributed by atoms with Crippen molar-refractivity contribution in [2.75, 3.05) is 11.8 Å². The van der Waals surface area contributed by atoms with E-state index >= 15 is 0 Å². The van der Waals surface area contributed by atoms with Gasteiger partial charge in [0.2, 0.25) is 0 Å². The van der Waals surface area contributed by atoms with Gasteiger partial charge >= 0.3 is 0 Å². The summed E-state index contributed by atoms with van der Waals surface area (Å²) in [5.41, 5.74) is 2.47. The molecular weight excluding hydrogens is 492 g/mol. The summed E-state index contributed by atoms with van der Waals surface area (Å²) in [6, 6.07) is 15.8. The Bertz CT molecular complexity index is 1540. The molecule has 0 saturated heterocycles. The van der Waals surface area contributed by atoms with Gasteiger partial charge in [-0.05, 0) is 74.5 Å². The summed E-state index contributed by atoms with van der Waals surface area (Å²) in [6.45, 7) is 3.51. The van der Waals surface area contributed by atoms with E-state index in [1.165, 1.54) is 28.9 Å². The number of nitrogens with one attached hydrogen (secondary N) is 2. The van der Waals surface area contributed by atoms with Crippen LogP contribution in [0.5, 0.6) is 5.75 Å². The van der Waals surface area contributed by atoms with Gasteiger partial charge in [-0.15, -0.1) is 10.2 Å². The van der Waals surface area contributed by atoms with E-state index in [1.54, 1.807) is 57.4 Å². The topological polar surface area (TPSA) is 131 Å². The molecule has 4 aromatic rings. The number of nitrogens with zero attached hydrogens (tertiary/aromatic N) is 4. The van der Waals surface area contributed by atoms with Gasteiger partial charge in [0.15, 0.2) is 11.0 Å². The number of anilines is 1. The number of rotatable bonds is 7. The molecule has 10 nitrogen and oxygen atoms in total. The summed E-state index contributed by atoms with van der Waals surface area (Å²) in [5, 5.41) is 10.5. The first-order chi connectivity index (χ1) is 16.7. The van der Waals surface area contributed by atoms with Gasteiger partial charge in [0, 0.05) is 5.69 Å². The molecule has 0 unspecified atom stereocenters. The van der Waals surface area contributed by atoms with Crippen LogP contribution in [-0.4, -0.2) is 41.2 Å². The molecule has 0 aliphatic rings. The predicted molar refractivity (Wildman–Crippen MR) is 134 cm³/mol. The lowest BCUT2D eigenvalue weighted by Gasteiger charge is -2.07. The van der Waals surface area contributed by atoms with Gasteiger partial charge in [-0.25, -0.2) is 13.1 Å². The number of H-pyrrole nitrogens is 1. The van der Waals surface area contributed by atoms with Gasteiger partial charge in [-0.3, -0.25) is 19.6 Å². The van der Waals surface area contributed by atoms with Crippen molar-refractivity contribution in [1.82, 2.24) is 20.0 Å². The number of aromatic amines is 1. The second-order valence-electron chi connectivity index (χ2n) is 7.49. The summed E-state index contributed by atoms with van der Waals surface area (Å²) in [6.07, 6.45) is 0. The molecule has 0 radical (unpaired) electrons. The fraction of sp³-hybridized carbons (Fsp3) is 0.130. The summed E-state index contributed by atoms with van der Waals surface area (Å²) >= 11 is 5.68. The maximum atomic E-state index is 13.1. The smallest absolute Gasteiger partial charge is 0.280 e. The van der Waals surface area contributed by atoms with Crippen LogP contribution in [-0.2, 0) is 10.0 Å². The third-order valence-corrected chi connectivity index (χ3v) is 6.65. The van der Waals surface area contributed by atoms with Crippen molar-refractivity contribution < 1.29 is 13.2 Å². The largest absolute Gasteiger partial charge is 0.497 e. The van der Waals surface area contributed by atoms with Crippen LogP contribution in [0.25, 0.3) is 5.69 Å². The van der Waals surface area contributed by atoms with E-state index in [1.807, 2.05) is 0 Å². The zero-order chi connectivity index (χ0) is 25.2. The molecular formula is C23H21ClN6O4S. The van der Waals surface area contributed by atoms with Crippen LogP contribution in [0.1, 0.15) is 18.2 Å². The number of aliphatic imine (C=N–C) groups is 1. The Kier molecular flexibility index (Phi) is 6.72. The van der Waals surface area contributed by atoms with Crippen molar-refractivity contribution in [3.63, 3.8) is 0 Å². The third-order valence-electron chi connectivity index (χ3n) is 5.08. The summed E-state index contributed by atoms with van der Waals surface area (Å²) in [5.74, 6) is 0.730. The standard InChI is InChI=1S/C23H21ClN6O4S/c1-14(22-15(2)28-30(23(22)31)17-6-8-18(34-3)9-7-17)25-16-4-10-19(11-5-16)35(32,33)29-21-13-12-20(24)26-27-21/h4-13,28H,1-3H3,(H,27,29). The third kappa shape index (κ3) is 5.26. The van der Waals surface area contributed by atoms with Crippen molar-refractivity contribution in [1.29, 1.82) is 0 Å². The Hall–Kier alpha value is -3.96. The van der Waals surface area contributed by atoms with E-state index in [4.69, 9.17) is 16.3 Å². The lowest BCUT2D eigenvalue weighted by Crippen LogP contribution is -2.19. The number of sulfonamides is 1. The Labute approximate surface area is 206 Å². The Morgan fingerprint density at radius 2 is 1.74 bits per heavy atom. The zero-order valence-electron chi connectivity index (χ0n) is 19.0. The maximum Gasteiger partial charge on any atom is 0.280 e. The van der Waals surface area contributed by atoms with Gasteiger partial charge in [0.05, 0.1) is 34.7 Å². The van der Waals surface area contributed by atoms with Crippen molar-refractivity contribution >= 4 is 38.8 Å². The molecule has 0 atom stereocenters. The molecule has 4 rings (SSSR count). The lowest BCUT2D eigenvalue weighted by molar-refractivity contribution is 0.414. The summed E-state index contributed by atoms with van der Waals surface area (Å²) in [4.78, 5) is 17.6. The number of benzene rings is 2. The number of halogens is 1. The Morgan fingerprint density at radius 3 is 2.34 bits per heavy atom. The van der Waals surface area contributed by atoms with Crippen LogP contribution in [0.4, 0.5) is 11.5 Å². The highest BCUT2D eigenvalue weighted by atomic mass is 35.5. The highest BCUT2D eigenvalue weighted by molar-refractivity contribution is 7.92. The molecule has 35 heavy (non-hydrogen) atoms. The number of hydrogen-bond acceptors (Lipinski definition) is 7. The molecule has 2 heterocycles. The number of aryl methyl sites for hydroxylation is 1. The lowest BCUT2D eigenvalue weighted by atomic mass is 10.1. The van der Waals surface area contributed by atoms with Crippen LogP contribution >= 0.6 is 11.6 Å². The number of methoxy groups -OCH3 is 1.